The minimum atomic E-state index is -1.76. The van der Waals surface area contributed by atoms with Gasteiger partial charge in [0.1, 0.15) is 4.21 Å². The van der Waals surface area contributed by atoms with Gasteiger partial charge in [-0.2, -0.15) is 5.26 Å². The molecule has 0 aliphatic heterocycles. The summed E-state index contributed by atoms with van der Waals surface area (Å²) >= 11 is 1.21. The first-order valence-electron chi connectivity index (χ1n) is 9.33. The number of aliphatic hydroxyl groups is 1. The van der Waals surface area contributed by atoms with Crippen molar-refractivity contribution in [1.29, 1.82) is 5.26 Å². The second kappa shape index (κ2) is 9.08. The molecule has 2 rings (SSSR count). The third-order valence-electron chi connectivity index (χ3n) is 4.49. The molecule has 3 N–H and O–H groups in total. The van der Waals surface area contributed by atoms with Gasteiger partial charge >= 0.3 is 6.03 Å². The van der Waals surface area contributed by atoms with Crippen molar-refractivity contribution < 1.29 is 14.1 Å². The normalized spacial score (nSPS) is 12.7. The van der Waals surface area contributed by atoms with Gasteiger partial charge in [-0.15, -0.1) is 11.3 Å². The zero-order valence-electron chi connectivity index (χ0n) is 17.5. The third-order valence-corrected chi connectivity index (χ3v) is 6.80. The van der Waals surface area contributed by atoms with Gasteiger partial charge in [-0.05, 0) is 59.9 Å². The minimum absolute atomic E-state index is 0.0239. The van der Waals surface area contributed by atoms with Gasteiger partial charge in [-0.1, -0.05) is 33.8 Å². The average Bonchev–Trinajstić information content (AvgIpc) is 3.11. The van der Waals surface area contributed by atoms with Gasteiger partial charge in [-0.3, -0.25) is 4.72 Å². The van der Waals surface area contributed by atoms with Crippen molar-refractivity contribution in [1.82, 2.24) is 4.72 Å². The molecule has 156 valence electrons. The van der Waals surface area contributed by atoms with Crippen molar-refractivity contribution >= 4 is 34.0 Å². The monoisotopic (exact) mass is 433 g/mol. The fourth-order valence-corrected chi connectivity index (χ4v) is 4.93. The maximum atomic E-state index is 12.6. The molecule has 2 aromatic rings. The summed E-state index contributed by atoms with van der Waals surface area (Å²) in [5.74, 6) is 0.156. The van der Waals surface area contributed by atoms with Gasteiger partial charge in [0.05, 0.1) is 22.9 Å². The highest BCUT2D eigenvalue weighted by molar-refractivity contribution is 7.86. The van der Waals surface area contributed by atoms with E-state index in [2.05, 4.69) is 16.1 Å². The quantitative estimate of drug-likeness (QED) is 0.600. The molecule has 1 unspecified atom stereocenters. The van der Waals surface area contributed by atoms with Crippen LogP contribution in [0.4, 0.5) is 10.5 Å². The van der Waals surface area contributed by atoms with E-state index in [1.807, 2.05) is 33.8 Å². The summed E-state index contributed by atoms with van der Waals surface area (Å²) in [6.45, 7) is 11.2. The Balaban J connectivity index is 2.29. The molecule has 0 aliphatic rings. The fraction of sp³-hybridized carbons (Fsp3) is 0.429. The number of anilines is 1. The molecular formula is C21H27N3O3S2. The topological polar surface area (TPSA) is 102 Å². The van der Waals surface area contributed by atoms with Crippen LogP contribution in [0.15, 0.2) is 27.8 Å². The summed E-state index contributed by atoms with van der Waals surface area (Å²) < 4.78 is 15.5. The van der Waals surface area contributed by atoms with Gasteiger partial charge in [0, 0.05) is 0 Å². The first-order valence-corrected chi connectivity index (χ1v) is 11.4. The van der Waals surface area contributed by atoms with E-state index in [0.717, 1.165) is 11.1 Å². The first-order chi connectivity index (χ1) is 13.5. The molecule has 2 amide bonds. The van der Waals surface area contributed by atoms with Crippen molar-refractivity contribution in [3.63, 3.8) is 0 Å². The number of carbonyl (C=O) groups is 1. The Labute approximate surface area is 178 Å². The summed E-state index contributed by atoms with van der Waals surface area (Å²) in [7, 11) is -1.76. The minimum Gasteiger partial charge on any atom is -0.386 e. The zero-order chi connectivity index (χ0) is 21.9. The molecule has 0 bridgehead atoms. The van der Waals surface area contributed by atoms with Crippen LogP contribution in [-0.4, -0.2) is 15.3 Å². The number of hydrogen-bond acceptors (Lipinski definition) is 5. The van der Waals surface area contributed by atoms with Crippen LogP contribution in [0.25, 0.3) is 0 Å². The van der Waals surface area contributed by atoms with Crippen molar-refractivity contribution in [3.8, 4) is 6.07 Å². The lowest BCUT2D eigenvalue weighted by Gasteiger charge is -2.21. The number of carbonyl (C=O) groups excluding carboxylic acids is 1. The van der Waals surface area contributed by atoms with Crippen molar-refractivity contribution in [2.45, 2.75) is 63.2 Å². The zero-order valence-corrected chi connectivity index (χ0v) is 19.1. The van der Waals surface area contributed by atoms with E-state index < -0.39 is 22.6 Å². The first kappa shape index (κ1) is 23.1. The third kappa shape index (κ3) is 5.44. The van der Waals surface area contributed by atoms with Crippen LogP contribution in [0.5, 0.6) is 0 Å². The standard InChI is InChI=1S/C21H27N3O3S2/c1-12(2)16-8-7-14(10-22)18(13(3)4)19(16)23-20(25)24-29(27)17-9-15(11-28-17)21(5,6)26/h7-9,11-13,26H,1-6H3,(H2,23,24,25). The number of rotatable bonds is 6. The maximum absolute atomic E-state index is 12.6. The van der Waals surface area contributed by atoms with E-state index in [0.29, 0.717) is 21.0 Å². The highest BCUT2D eigenvalue weighted by Gasteiger charge is 2.22. The SMILES string of the molecule is CC(C)c1ccc(C#N)c(C(C)C)c1NC(=O)NS(=O)c1cc(C(C)(C)O)cs1. The van der Waals surface area contributed by atoms with Crippen LogP contribution >= 0.6 is 11.3 Å². The molecule has 0 saturated heterocycles. The van der Waals surface area contributed by atoms with Crippen LogP contribution in [0.2, 0.25) is 0 Å². The number of hydrogen-bond donors (Lipinski definition) is 3. The lowest BCUT2D eigenvalue weighted by Crippen LogP contribution is -2.31. The van der Waals surface area contributed by atoms with Gasteiger partial charge in [0.2, 0.25) is 0 Å². The van der Waals surface area contributed by atoms with Crippen LogP contribution in [0.1, 0.15) is 75.6 Å². The molecule has 0 fully saturated rings. The Bertz CT molecular complexity index is 967. The highest BCUT2D eigenvalue weighted by Crippen LogP contribution is 2.35. The number of amides is 2. The second-order valence-corrected chi connectivity index (χ2v) is 10.3. The van der Waals surface area contributed by atoms with Crippen molar-refractivity contribution in [3.05, 3.63) is 45.8 Å². The Hall–Kier alpha value is -2.21. The van der Waals surface area contributed by atoms with Crippen LogP contribution in [0.3, 0.4) is 0 Å². The van der Waals surface area contributed by atoms with E-state index >= 15 is 0 Å². The molecule has 1 atom stereocenters. The number of benzene rings is 1. The van der Waals surface area contributed by atoms with Crippen LogP contribution in [0, 0.1) is 11.3 Å². The molecule has 0 spiro atoms. The van der Waals surface area contributed by atoms with Gasteiger partial charge in [0.25, 0.3) is 0 Å². The van der Waals surface area contributed by atoms with E-state index in [4.69, 9.17) is 0 Å². The van der Waals surface area contributed by atoms with Gasteiger partial charge in [-0.25, -0.2) is 9.00 Å². The number of thiophene rings is 1. The number of nitrogens with one attached hydrogen (secondary N) is 2. The van der Waals surface area contributed by atoms with Gasteiger partial charge in [0.15, 0.2) is 11.0 Å². The summed E-state index contributed by atoms with van der Waals surface area (Å²) in [6, 6.07) is 6.81. The molecular weight excluding hydrogens is 406 g/mol. The second-order valence-electron chi connectivity index (χ2n) is 7.95. The molecule has 6 nitrogen and oxygen atoms in total. The lowest BCUT2D eigenvalue weighted by molar-refractivity contribution is 0.0789. The van der Waals surface area contributed by atoms with E-state index in [1.165, 1.54) is 11.3 Å². The Morgan fingerprint density at radius 1 is 1.24 bits per heavy atom. The number of nitrogens with zero attached hydrogens (tertiary/aromatic N) is 1. The lowest BCUT2D eigenvalue weighted by atomic mass is 9.89. The molecule has 29 heavy (non-hydrogen) atoms. The summed E-state index contributed by atoms with van der Waals surface area (Å²) in [5.41, 5.74) is 2.37. The summed E-state index contributed by atoms with van der Waals surface area (Å²) in [5, 5.41) is 24.1. The molecule has 8 heteroatoms. The number of nitriles is 1. The molecule has 1 aromatic carbocycles. The Morgan fingerprint density at radius 3 is 2.38 bits per heavy atom. The van der Waals surface area contributed by atoms with Crippen LogP contribution in [-0.2, 0) is 16.6 Å². The number of urea groups is 1. The fourth-order valence-electron chi connectivity index (χ4n) is 2.96. The molecule has 1 heterocycles. The Kier molecular flexibility index (Phi) is 7.22. The van der Waals surface area contributed by atoms with E-state index in [1.54, 1.807) is 31.4 Å². The highest BCUT2D eigenvalue weighted by atomic mass is 32.2. The molecule has 0 aliphatic carbocycles. The van der Waals surface area contributed by atoms with Crippen LogP contribution < -0.4 is 10.0 Å². The van der Waals surface area contributed by atoms with Crippen molar-refractivity contribution in [2.24, 2.45) is 0 Å². The van der Waals surface area contributed by atoms with Gasteiger partial charge < -0.3 is 10.4 Å². The summed E-state index contributed by atoms with van der Waals surface area (Å²) in [4.78, 5) is 12.6. The average molecular weight is 434 g/mol. The largest absolute Gasteiger partial charge is 0.386 e. The summed E-state index contributed by atoms with van der Waals surface area (Å²) in [6.07, 6.45) is 0. The Morgan fingerprint density at radius 2 is 1.90 bits per heavy atom. The predicted octanol–water partition coefficient (Wildman–Crippen LogP) is 4.94. The smallest absolute Gasteiger partial charge is 0.331 e. The molecule has 1 aromatic heterocycles. The molecule has 0 saturated carbocycles. The molecule has 0 radical (unpaired) electrons. The predicted molar refractivity (Wildman–Crippen MR) is 117 cm³/mol. The van der Waals surface area contributed by atoms with E-state index in [9.17, 15) is 19.4 Å². The van der Waals surface area contributed by atoms with E-state index in [-0.39, 0.29) is 11.8 Å². The maximum Gasteiger partial charge on any atom is 0.331 e. The van der Waals surface area contributed by atoms with Crippen molar-refractivity contribution in [2.75, 3.05) is 5.32 Å².